The van der Waals surface area contributed by atoms with E-state index in [4.69, 9.17) is 23.4 Å². The third kappa shape index (κ3) is 22.7. The lowest BCUT2D eigenvalue weighted by atomic mass is 10.4. The highest BCUT2D eigenvalue weighted by atomic mass is 35.7. The van der Waals surface area contributed by atoms with E-state index in [1.54, 1.807) is 7.11 Å². The molecule has 0 rings (SSSR count). The normalized spacial score (nSPS) is 12.0. The summed E-state index contributed by atoms with van der Waals surface area (Å²) in [4.78, 5) is 0. The Morgan fingerprint density at radius 2 is 1.50 bits per heavy atom. The maximum Gasteiger partial charge on any atom is 0.102 e. The van der Waals surface area contributed by atoms with E-state index in [0.717, 1.165) is 17.6 Å². The number of likely N-dealkylation sites (N-methyl/N-ethyl adjacent to an activating group) is 1. The lowest BCUT2D eigenvalue weighted by Gasteiger charge is -2.27. The Bertz CT molecular complexity index is 131. The number of quaternary nitrogens is 1. The van der Waals surface area contributed by atoms with Gasteiger partial charge in [0, 0.05) is 7.11 Å². The van der Waals surface area contributed by atoms with E-state index in [-0.39, 0.29) is 0 Å². The minimum atomic E-state index is -4.94. The molecule has 0 unspecified atom stereocenters. The summed E-state index contributed by atoms with van der Waals surface area (Å²) in [5, 5.41) is 0. The van der Waals surface area contributed by atoms with Crippen LogP contribution in [0.2, 0.25) is 0 Å². The molecule has 0 bridgehead atoms. The highest BCUT2D eigenvalue weighted by Gasteiger charge is 2.09. The van der Waals surface area contributed by atoms with Gasteiger partial charge < -0.3 is 9.22 Å². The molecule has 0 saturated carbocycles. The second kappa shape index (κ2) is 7.36. The molecule has 0 aliphatic carbocycles. The fourth-order valence-electron chi connectivity index (χ4n) is 0.497. The molecular weight excluding hydrogens is 214 g/mol. The molecule has 0 saturated heterocycles. The van der Waals surface area contributed by atoms with E-state index >= 15 is 0 Å². The van der Waals surface area contributed by atoms with Crippen molar-refractivity contribution in [1.82, 2.24) is 0 Å². The van der Waals surface area contributed by atoms with Gasteiger partial charge in [0.25, 0.3) is 0 Å². The van der Waals surface area contributed by atoms with Crippen LogP contribution in [0.25, 0.3) is 0 Å². The molecular formula is C7H18ClNO5. The average molecular weight is 232 g/mol. The van der Waals surface area contributed by atoms with Crippen molar-refractivity contribution in [2.24, 2.45) is 0 Å². The average Bonchev–Trinajstić information content (AvgIpc) is 1.98. The van der Waals surface area contributed by atoms with Gasteiger partial charge in [0.15, 0.2) is 0 Å². The molecule has 0 amide bonds. The molecule has 0 aromatic carbocycles. The number of ether oxygens (including phenoxy) is 1. The summed E-state index contributed by atoms with van der Waals surface area (Å²) in [5.41, 5.74) is 0. The summed E-state index contributed by atoms with van der Waals surface area (Å²) in [6, 6.07) is 0. The minimum absolute atomic E-state index is 0.862. The predicted molar refractivity (Wildman–Crippen MR) is 39.4 cm³/mol. The molecule has 0 radical (unpaired) electrons. The number of methoxy groups -OCH3 is 1. The van der Waals surface area contributed by atoms with Gasteiger partial charge in [-0.3, -0.25) is 0 Å². The van der Waals surface area contributed by atoms with Gasteiger partial charge in [0.05, 0.1) is 27.2 Å². The van der Waals surface area contributed by atoms with Crippen LogP contribution >= 0.6 is 0 Å². The van der Waals surface area contributed by atoms with Gasteiger partial charge in [-0.1, -0.05) is 0 Å². The van der Waals surface area contributed by atoms with Crippen molar-refractivity contribution in [3.63, 3.8) is 0 Å². The highest BCUT2D eigenvalue weighted by Crippen LogP contribution is 1.93. The first-order valence-corrected chi connectivity index (χ1v) is 5.28. The van der Waals surface area contributed by atoms with Gasteiger partial charge >= 0.3 is 0 Å². The number of halogens is 1. The molecule has 0 aromatic heterocycles. The lowest BCUT2D eigenvalue weighted by Crippen LogP contribution is -2.68. The molecule has 88 valence electrons. The number of hydrogen-bond donors (Lipinski definition) is 0. The number of nitrogens with zero attached hydrogens (tertiary/aromatic N) is 1. The van der Waals surface area contributed by atoms with Gasteiger partial charge in [-0.25, -0.2) is 18.6 Å². The van der Waals surface area contributed by atoms with Crippen molar-refractivity contribution >= 4 is 0 Å². The summed E-state index contributed by atoms with van der Waals surface area (Å²) in [5.74, 6) is 0. The minimum Gasteiger partial charge on any atom is -0.379 e. The smallest absolute Gasteiger partial charge is 0.102 e. The molecule has 14 heavy (non-hydrogen) atoms. The van der Waals surface area contributed by atoms with E-state index in [1.807, 2.05) is 0 Å². The van der Waals surface area contributed by atoms with Crippen molar-refractivity contribution in [1.29, 1.82) is 0 Å². The van der Waals surface area contributed by atoms with E-state index in [0.29, 0.717) is 0 Å². The molecule has 0 fully saturated rings. The first-order chi connectivity index (χ1) is 6.12. The Morgan fingerprint density at radius 1 is 1.14 bits per heavy atom. The summed E-state index contributed by atoms with van der Waals surface area (Å²) in [6.07, 6.45) is 0. The Labute approximate surface area is 86.7 Å². The molecule has 0 N–H and O–H groups in total. The molecule has 6 nitrogen and oxygen atoms in total. The molecule has 0 aliphatic heterocycles. The summed E-state index contributed by atoms with van der Waals surface area (Å²) >= 11 is 0. The third-order valence-electron chi connectivity index (χ3n) is 1.76. The summed E-state index contributed by atoms with van der Waals surface area (Å²) in [6.45, 7) is 5.33. The fraction of sp³-hybridized carbons (Fsp3) is 1.00. The zero-order chi connectivity index (χ0) is 11.8. The Morgan fingerprint density at radius 3 is 1.71 bits per heavy atom. The van der Waals surface area contributed by atoms with Crippen molar-refractivity contribution in [3.8, 4) is 0 Å². The quantitative estimate of drug-likeness (QED) is 0.459. The van der Waals surface area contributed by atoms with Gasteiger partial charge in [-0.15, -0.1) is 10.2 Å². The maximum absolute atomic E-state index is 8.49. The maximum atomic E-state index is 8.49. The third-order valence-corrected chi connectivity index (χ3v) is 1.76. The second-order valence-electron chi connectivity index (χ2n) is 3.35. The summed E-state index contributed by atoms with van der Waals surface area (Å²) in [7, 11) is 1.22. The van der Waals surface area contributed by atoms with Crippen LogP contribution in [-0.4, -0.2) is 45.4 Å². The number of rotatable bonds is 4. The van der Waals surface area contributed by atoms with Crippen molar-refractivity contribution < 1.29 is 38.1 Å². The SMILES string of the molecule is CC[N+](C)(C)CCOC.[O-][Cl+3]([O-])([O-])[O-]. The molecule has 0 aliphatic rings. The van der Waals surface area contributed by atoms with Gasteiger partial charge in [-0.2, -0.15) is 0 Å². The zero-order valence-corrected chi connectivity index (χ0v) is 9.74. The second-order valence-corrected chi connectivity index (χ2v) is 4.10. The van der Waals surface area contributed by atoms with Crippen LogP contribution < -0.4 is 18.6 Å². The Balaban J connectivity index is 0. The van der Waals surface area contributed by atoms with Gasteiger partial charge in [-0.05, 0) is 6.92 Å². The molecule has 0 heterocycles. The van der Waals surface area contributed by atoms with E-state index < -0.39 is 10.2 Å². The molecule has 0 spiro atoms. The first-order valence-electron chi connectivity index (χ1n) is 4.05. The highest BCUT2D eigenvalue weighted by molar-refractivity contribution is 4.27. The molecule has 7 heteroatoms. The van der Waals surface area contributed by atoms with Crippen LogP contribution in [0.15, 0.2) is 0 Å². The van der Waals surface area contributed by atoms with Crippen LogP contribution in [0.4, 0.5) is 0 Å². The van der Waals surface area contributed by atoms with E-state index in [2.05, 4.69) is 21.0 Å². The van der Waals surface area contributed by atoms with Crippen LogP contribution in [0.1, 0.15) is 6.92 Å². The van der Waals surface area contributed by atoms with Gasteiger partial charge in [0.2, 0.25) is 0 Å². The van der Waals surface area contributed by atoms with Gasteiger partial charge in [0.1, 0.15) is 6.54 Å². The largest absolute Gasteiger partial charge is 0.379 e. The monoisotopic (exact) mass is 231 g/mol. The Kier molecular flexibility index (Phi) is 8.66. The van der Waals surface area contributed by atoms with E-state index in [9.17, 15) is 0 Å². The van der Waals surface area contributed by atoms with Crippen molar-refractivity contribution in [3.05, 3.63) is 0 Å². The molecule has 0 atom stereocenters. The molecule has 0 aromatic rings. The van der Waals surface area contributed by atoms with E-state index in [1.165, 1.54) is 6.54 Å². The predicted octanol–water partition coefficient (Wildman–Crippen LogP) is -4.03. The van der Waals surface area contributed by atoms with Crippen LogP contribution in [0.3, 0.4) is 0 Å². The first kappa shape index (κ1) is 16.5. The van der Waals surface area contributed by atoms with Crippen molar-refractivity contribution in [2.45, 2.75) is 6.92 Å². The van der Waals surface area contributed by atoms with Crippen LogP contribution in [0, 0.1) is 10.2 Å². The fourth-order valence-corrected chi connectivity index (χ4v) is 0.497. The zero-order valence-electron chi connectivity index (χ0n) is 8.99. The van der Waals surface area contributed by atoms with Crippen LogP contribution in [-0.2, 0) is 4.74 Å². The van der Waals surface area contributed by atoms with Crippen LogP contribution in [0.5, 0.6) is 0 Å². The Hall–Kier alpha value is 0.0500. The summed E-state index contributed by atoms with van der Waals surface area (Å²) < 4.78 is 40.0. The van der Waals surface area contributed by atoms with Crippen molar-refractivity contribution in [2.75, 3.05) is 40.9 Å². The topological polar surface area (TPSA) is 101 Å². The standard InChI is InChI=1S/C7H18NO.ClHO4/c1-5-8(2,3)6-7-9-4;2-1(3,4)5/h5-7H2,1-4H3;(H,2,3,4,5)/q+1;/p-1. The number of hydrogen-bond acceptors (Lipinski definition) is 5. The lowest BCUT2D eigenvalue weighted by molar-refractivity contribution is -2.00.